The van der Waals surface area contributed by atoms with Gasteiger partial charge in [-0.05, 0) is 47.0 Å². The number of epoxide rings is 1. The lowest BCUT2D eigenvalue weighted by atomic mass is 9.66. The first kappa shape index (κ1) is 16.0. The van der Waals surface area contributed by atoms with Crippen LogP contribution in [0, 0.1) is 5.92 Å². The van der Waals surface area contributed by atoms with Crippen LogP contribution in [0.1, 0.15) is 47.0 Å². The SMILES string of the molecule is CO[C@H]1[C@H]([C@@]2(C)O[C@@H]2CC=C(C)C)[C@](C)(O)CC[C@@H]1O. The number of rotatable bonds is 4. The Labute approximate surface area is 121 Å². The zero-order valence-corrected chi connectivity index (χ0v) is 13.2. The van der Waals surface area contributed by atoms with E-state index in [0.29, 0.717) is 12.8 Å². The van der Waals surface area contributed by atoms with Crippen molar-refractivity contribution in [2.24, 2.45) is 5.92 Å². The van der Waals surface area contributed by atoms with Crippen LogP contribution in [0.3, 0.4) is 0 Å². The van der Waals surface area contributed by atoms with Gasteiger partial charge in [0.25, 0.3) is 0 Å². The van der Waals surface area contributed by atoms with Gasteiger partial charge in [0.2, 0.25) is 0 Å². The molecular formula is C16H28O4. The fourth-order valence-electron chi connectivity index (χ4n) is 3.74. The summed E-state index contributed by atoms with van der Waals surface area (Å²) in [5, 5.41) is 20.9. The van der Waals surface area contributed by atoms with Crippen molar-refractivity contribution in [1.82, 2.24) is 0 Å². The third kappa shape index (κ3) is 2.80. The molecule has 0 spiro atoms. The predicted molar refractivity (Wildman–Crippen MR) is 77.5 cm³/mol. The van der Waals surface area contributed by atoms with Crippen molar-refractivity contribution in [3.05, 3.63) is 11.6 Å². The second-order valence-electron chi connectivity index (χ2n) is 6.95. The number of hydrogen-bond acceptors (Lipinski definition) is 4. The minimum atomic E-state index is -0.867. The molecule has 1 heterocycles. The maximum atomic E-state index is 10.7. The van der Waals surface area contributed by atoms with Crippen molar-refractivity contribution >= 4 is 0 Å². The molecule has 4 heteroatoms. The number of methoxy groups -OCH3 is 1. The molecule has 4 nitrogen and oxygen atoms in total. The molecule has 2 aliphatic rings. The Kier molecular flexibility index (Phi) is 4.32. The smallest absolute Gasteiger partial charge is 0.100 e. The lowest BCUT2D eigenvalue weighted by Gasteiger charge is -2.46. The molecule has 116 valence electrons. The standard InChI is InChI=1S/C16H28O4/c1-10(2)6-7-12-16(4,20-12)14-13(19-5)11(17)8-9-15(14,3)18/h6,11-14,17-18H,7-9H2,1-5H3/t11-,12+,13+,14-,15+,16-/m0/s1. The van der Waals surface area contributed by atoms with E-state index in [4.69, 9.17) is 9.47 Å². The van der Waals surface area contributed by atoms with Gasteiger partial charge in [-0.15, -0.1) is 0 Å². The second kappa shape index (κ2) is 5.41. The highest BCUT2D eigenvalue weighted by molar-refractivity contribution is 5.16. The van der Waals surface area contributed by atoms with Gasteiger partial charge in [-0.3, -0.25) is 0 Å². The van der Waals surface area contributed by atoms with Crippen molar-refractivity contribution in [1.29, 1.82) is 0 Å². The van der Waals surface area contributed by atoms with Crippen LogP contribution in [-0.2, 0) is 9.47 Å². The van der Waals surface area contributed by atoms with Crippen LogP contribution in [-0.4, -0.2) is 46.8 Å². The number of aliphatic hydroxyl groups is 2. The van der Waals surface area contributed by atoms with Gasteiger partial charge in [0.1, 0.15) is 5.60 Å². The Morgan fingerprint density at radius 2 is 2.05 bits per heavy atom. The topological polar surface area (TPSA) is 62.2 Å². The zero-order chi connectivity index (χ0) is 15.1. The Morgan fingerprint density at radius 1 is 1.40 bits per heavy atom. The highest BCUT2D eigenvalue weighted by Gasteiger charge is 2.65. The molecule has 2 N–H and O–H groups in total. The molecular weight excluding hydrogens is 256 g/mol. The molecule has 0 aromatic heterocycles. The molecule has 1 saturated heterocycles. The molecule has 1 saturated carbocycles. The van der Waals surface area contributed by atoms with E-state index in [1.165, 1.54) is 5.57 Å². The predicted octanol–water partition coefficient (Wildman–Crippen LogP) is 2.04. The molecule has 1 aliphatic heterocycles. The Balaban J connectivity index is 2.17. The zero-order valence-electron chi connectivity index (χ0n) is 13.2. The van der Waals surface area contributed by atoms with Crippen molar-refractivity contribution in [2.45, 2.75) is 76.5 Å². The van der Waals surface area contributed by atoms with Crippen molar-refractivity contribution in [3.8, 4) is 0 Å². The molecule has 0 amide bonds. The van der Waals surface area contributed by atoms with Crippen LogP contribution in [0.15, 0.2) is 11.6 Å². The fourth-order valence-corrected chi connectivity index (χ4v) is 3.74. The molecule has 1 aliphatic carbocycles. The van der Waals surface area contributed by atoms with Gasteiger partial charge in [-0.25, -0.2) is 0 Å². The lowest BCUT2D eigenvalue weighted by Crippen LogP contribution is -2.58. The Morgan fingerprint density at radius 3 is 2.60 bits per heavy atom. The van der Waals surface area contributed by atoms with Crippen LogP contribution in [0.25, 0.3) is 0 Å². The summed E-state index contributed by atoms with van der Waals surface area (Å²) in [5.74, 6) is -0.209. The quantitative estimate of drug-likeness (QED) is 0.612. The van der Waals surface area contributed by atoms with Gasteiger partial charge in [0.05, 0.1) is 23.9 Å². The van der Waals surface area contributed by atoms with Crippen molar-refractivity contribution < 1.29 is 19.7 Å². The van der Waals surface area contributed by atoms with E-state index in [-0.39, 0.29) is 18.1 Å². The molecule has 6 atom stereocenters. The average Bonchev–Trinajstić information content (AvgIpc) is 3.01. The summed E-state index contributed by atoms with van der Waals surface area (Å²) in [5.41, 5.74) is -0.0205. The third-order valence-electron chi connectivity index (χ3n) is 4.93. The molecule has 2 rings (SSSR count). The molecule has 0 aromatic carbocycles. The van der Waals surface area contributed by atoms with Gasteiger partial charge >= 0.3 is 0 Å². The summed E-state index contributed by atoms with van der Waals surface area (Å²) in [6.07, 6.45) is 3.33. The van der Waals surface area contributed by atoms with Crippen LogP contribution in [0.2, 0.25) is 0 Å². The molecule has 20 heavy (non-hydrogen) atoms. The molecule has 0 radical (unpaired) electrons. The minimum absolute atomic E-state index is 0.0943. The number of hydrogen-bond donors (Lipinski definition) is 2. The lowest BCUT2D eigenvalue weighted by molar-refractivity contribution is -0.171. The van der Waals surface area contributed by atoms with E-state index in [1.807, 2.05) is 13.8 Å². The van der Waals surface area contributed by atoms with Gasteiger partial charge in [0, 0.05) is 13.0 Å². The summed E-state index contributed by atoms with van der Waals surface area (Å²) in [6, 6.07) is 0. The molecule has 2 fully saturated rings. The number of aliphatic hydroxyl groups excluding tert-OH is 1. The van der Waals surface area contributed by atoms with Crippen molar-refractivity contribution in [2.75, 3.05) is 7.11 Å². The van der Waals surface area contributed by atoms with Crippen LogP contribution in [0.4, 0.5) is 0 Å². The fraction of sp³-hybridized carbons (Fsp3) is 0.875. The van der Waals surface area contributed by atoms with E-state index in [9.17, 15) is 10.2 Å². The van der Waals surface area contributed by atoms with Gasteiger partial charge in [-0.1, -0.05) is 11.6 Å². The first-order chi connectivity index (χ1) is 9.22. The van der Waals surface area contributed by atoms with E-state index in [2.05, 4.69) is 19.9 Å². The average molecular weight is 284 g/mol. The Hall–Kier alpha value is -0.420. The first-order valence-corrected chi connectivity index (χ1v) is 7.47. The highest BCUT2D eigenvalue weighted by Crippen LogP contribution is 2.54. The van der Waals surface area contributed by atoms with E-state index in [1.54, 1.807) is 7.11 Å². The summed E-state index contributed by atoms with van der Waals surface area (Å²) in [4.78, 5) is 0. The number of allylic oxidation sites excluding steroid dienone is 1. The molecule has 0 bridgehead atoms. The van der Waals surface area contributed by atoms with E-state index < -0.39 is 17.3 Å². The maximum Gasteiger partial charge on any atom is 0.100 e. The monoisotopic (exact) mass is 284 g/mol. The summed E-state index contributed by atoms with van der Waals surface area (Å²) in [7, 11) is 1.60. The summed E-state index contributed by atoms with van der Waals surface area (Å²) in [6.45, 7) is 8.00. The largest absolute Gasteiger partial charge is 0.390 e. The van der Waals surface area contributed by atoms with Crippen LogP contribution in [0.5, 0.6) is 0 Å². The van der Waals surface area contributed by atoms with Gasteiger partial charge < -0.3 is 19.7 Å². The minimum Gasteiger partial charge on any atom is -0.390 e. The van der Waals surface area contributed by atoms with Gasteiger partial charge in [-0.2, -0.15) is 0 Å². The van der Waals surface area contributed by atoms with E-state index >= 15 is 0 Å². The number of ether oxygens (including phenoxy) is 2. The van der Waals surface area contributed by atoms with Crippen molar-refractivity contribution in [3.63, 3.8) is 0 Å². The Bertz CT molecular complexity index is 386. The molecule has 0 aromatic rings. The summed E-state index contributed by atoms with van der Waals surface area (Å²) < 4.78 is 11.4. The maximum absolute atomic E-state index is 10.7. The third-order valence-corrected chi connectivity index (χ3v) is 4.93. The normalized spacial score (nSPS) is 48.0. The summed E-state index contributed by atoms with van der Waals surface area (Å²) >= 11 is 0. The van der Waals surface area contributed by atoms with Crippen LogP contribution < -0.4 is 0 Å². The highest BCUT2D eigenvalue weighted by atomic mass is 16.6. The second-order valence-corrected chi connectivity index (χ2v) is 6.95. The molecule has 0 unspecified atom stereocenters. The van der Waals surface area contributed by atoms with Crippen LogP contribution >= 0.6 is 0 Å². The first-order valence-electron chi connectivity index (χ1n) is 7.47. The van der Waals surface area contributed by atoms with Gasteiger partial charge in [0.15, 0.2) is 0 Å². The van der Waals surface area contributed by atoms with E-state index in [0.717, 1.165) is 6.42 Å².